The predicted octanol–water partition coefficient (Wildman–Crippen LogP) is 4.05. The predicted molar refractivity (Wildman–Crippen MR) is 111 cm³/mol. The van der Waals surface area contributed by atoms with Crippen molar-refractivity contribution in [3.63, 3.8) is 0 Å². The summed E-state index contributed by atoms with van der Waals surface area (Å²) >= 11 is 0. The van der Waals surface area contributed by atoms with E-state index in [0.717, 1.165) is 22.6 Å². The molecule has 30 heavy (non-hydrogen) atoms. The fraction of sp³-hybridized carbons (Fsp3) is 0.217. The first kappa shape index (κ1) is 18.3. The van der Waals surface area contributed by atoms with Crippen LogP contribution in [0.4, 0.5) is 0 Å². The van der Waals surface area contributed by atoms with Crippen LogP contribution in [0.15, 0.2) is 66.0 Å². The fourth-order valence-corrected chi connectivity index (χ4v) is 4.03. The molecule has 0 amide bonds. The summed E-state index contributed by atoms with van der Waals surface area (Å²) < 4.78 is 17.3. The Kier molecular flexibility index (Phi) is 4.43. The van der Waals surface area contributed by atoms with Crippen LogP contribution in [0.5, 0.6) is 23.0 Å². The molecule has 0 bridgehead atoms. The molecule has 2 atom stereocenters. The minimum Gasteiger partial charge on any atom is -0.507 e. The summed E-state index contributed by atoms with van der Waals surface area (Å²) in [6, 6.07) is 14.8. The van der Waals surface area contributed by atoms with E-state index in [1.807, 2.05) is 35.3 Å². The molecule has 1 N–H and O–H groups in total. The molecule has 7 heteroatoms. The molecular weight excluding hydrogens is 382 g/mol. The monoisotopic (exact) mass is 403 g/mol. The summed E-state index contributed by atoms with van der Waals surface area (Å²) in [5, 5.41) is 17.3. The summed E-state index contributed by atoms with van der Waals surface area (Å²) in [5.74, 6) is 2.24. The largest absolute Gasteiger partial charge is 0.507 e. The van der Waals surface area contributed by atoms with Gasteiger partial charge in [0, 0.05) is 35.5 Å². The average molecular weight is 403 g/mol. The van der Waals surface area contributed by atoms with Gasteiger partial charge in [0.2, 0.25) is 6.23 Å². The maximum absolute atomic E-state index is 10.5. The van der Waals surface area contributed by atoms with Gasteiger partial charge in [-0.2, -0.15) is 5.10 Å². The lowest BCUT2D eigenvalue weighted by molar-refractivity contribution is -0.0209. The van der Waals surface area contributed by atoms with Gasteiger partial charge in [-0.15, -0.1) is 0 Å². The van der Waals surface area contributed by atoms with Crippen molar-refractivity contribution in [2.75, 3.05) is 14.2 Å². The number of phenols is 1. The lowest BCUT2D eigenvalue weighted by Gasteiger charge is -2.38. The second kappa shape index (κ2) is 7.26. The molecule has 0 spiro atoms. The summed E-state index contributed by atoms with van der Waals surface area (Å²) in [6.45, 7) is 0. The third kappa shape index (κ3) is 2.90. The quantitative estimate of drug-likeness (QED) is 0.708. The van der Waals surface area contributed by atoms with E-state index in [2.05, 4.69) is 4.98 Å². The number of fused-ring (bicyclic) bond motifs is 3. The van der Waals surface area contributed by atoms with Crippen molar-refractivity contribution >= 4 is 5.71 Å². The Labute approximate surface area is 174 Å². The Hall–Kier alpha value is -3.74. The third-order valence-electron chi connectivity index (χ3n) is 5.51. The van der Waals surface area contributed by atoms with E-state index in [0.29, 0.717) is 23.5 Å². The third-order valence-corrected chi connectivity index (χ3v) is 5.51. The van der Waals surface area contributed by atoms with Crippen LogP contribution in [-0.2, 0) is 0 Å². The second-order valence-electron chi connectivity index (χ2n) is 7.16. The Morgan fingerprint density at radius 3 is 2.67 bits per heavy atom. The van der Waals surface area contributed by atoms with Crippen molar-refractivity contribution in [2.45, 2.75) is 18.7 Å². The van der Waals surface area contributed by atoms with E-state index in [9.17, 15) is 5.11 Å². The highest BCUT2D eigenvalue weighted by molar-refractivity contribution is 6.04. The highest BCUT2D eigenvalue weighted by Crippen LogP contribution is 2.51. The maximum Gasteiger partial charge on any atom is 0.214 e. The van der Waals surface area contributed by atoms with Crippen LogP contribution >= 0.6 is 0 Å². The number of methoxy groups -OCH3 is 2. The van der Waals surface area contributed by atoms with Crippen LogP contribution in [0, 0.1) is 0 Å². The van der Waals surface area contributed by atoms with Gasteiger partial charge in [-0.1, -0.05) is 12.1 Å². The van der Waals surface area contributed by atoms with Gasteiger partial charge in [0.05, 0.1) is 26.0 Å². The number of rotatable bonds is 4. The van der Waals surface area contributed by atoms with Gasteiger partial charge >= 0.3 is 0 Å². The molecule has 0 saturated heterocycles. The van der Waals surface area contributed by atoms with E-state index in [1.165, 1.54) is 0 Å². The molecule has 0 fully saturated rings. The van der Waals surface area contributed by atoms with Crippen LogP contribution in [0.1, 0.15) is 35.4 Å². The van der Waals surface area contributed by atoms with Gasteiger partial charge < -0.3 is 19.3 Å². The molecule has 2 aliphatic rings. The molecule has 152 valence electrons. The standard InChI is InChI=1S/C23H21N3O4/c1-28-15-6-7-20(27)17(12-15)18-13-19-16-4-3-5-21(29-2)22(16)30-23(26(19)25-18)14-8-10-24-11-9-14/h3-12,19,23,27H,13H2,1-2H3/t19-,23+/m0/s1. The number of aromatic nitrogens is 1. The smallest absolute Gasteiger partial charge is 0.214 e. The molecule has 1 aromatic heterocycles. The summed E-state index contributed by atoms with van der Waals surface area (Å²) in [7, 11) is 3.24. The number of phenolic OH excluding ortho intramolecular Hbond substituents is 1. The van der Waals surface area contributed by atoms with E-state index in [1.54, 1.807) is 44.8 Å². The van der Waals surface area contributed by atoms with Crippen LogP contribution in [0.25, 0.3) is 0 Å². The first-order valence-electron chi connectivity index (χ1n) is 9.66. The van der Waals surface area contributed by atoms with Crippen molar-refractivity contribution in [2.24, 2.45) is 5.10 Å². The zero-order valence-electron chi connectivity index (χ0n) is 16.6. The van der Waals surface area contributed by atoms with Gasteiger partial charge in [0.15, 0.2) is 11.5 Å². The van der Waals surface area contributed by atoms with Crippen molar-refractivity contribution in [1.82, 2.24) is 9.99 Å². The molecule has 5 rings (SSSR count). The van der Waals surface area contributed by atoms with Crippen molar-refractivity contribution in [1.29, 1.82) is 0 Å². The highest BCUT2D eigenvalue weighted by Gasteiger charge is 2.42. The lowest BCUT2D eigenvalue weighted by atomic mass is 9.95. The molecule has 3 aromatic rings. The van der Waals surface area contributed by atoms with E-state index in [-0.39, 0.29) is 11.8 Å². The average Bonchev–Trinajstić information content (AvgIpc) is 3.24. The normalized spacial score (nSPS) is 19.4. The molecule has 0 unspecified atom stereocenters. The van der Waals surface area contributed by atoms with Gasteiger partial charge in [-0.25, -0.2) is 5.01 Å². The molecule has 7 nitrogen and oxygen atoms in total. The molecular formula is C23H21N3O4. The molecule has 0 radical (unpaired) electrons. The second-order valence-corrected chi connectivity index (χ2v) is 7.16. The summed E-state index contributed by atoms with van der Waals surface area (Å²) in [5.41, 5.74) is 3.36. The Morgan fingerprint density at radius 1 is 1.07 bits per heavy atom. The molecule has 2 aliphatic heterocycles. The topological polar surface area (TPSA) is 76.4 Å². The number of ether oxygens (including phenoxy) is 3. The SMILES string of the molecule is COc1ccc(O)c(C2=NN3[C@@H](c4ccncc4)Oc4c(OC)cccc4[C@@H]3C2)c1. The number of hydrogen-bond donors (Lipinski definition) is 1. The Morgan fingerprint density at radius 2 is 1.90 bits per heavy atom. The van der Waals surface area contributed by atoms with Crippen LogP contribution in [0.2, 0.25) is 0 Å². The number of pyridine rings is 1. The van der Waals surface area contributed by atoms with Gasteiger partial charge in [-0.05, 0) is 36.4 Å². The summed E-state index contributed by atoms with van der Waals surface area (Å²) in [6.07, 6.45) is 3.65. The zero-order valence-corrected chi connectivity index (χ0v) is 16.6. The van der Waals surface area contributed by atoms with Crippen LogP contribution < -0.4 is 14.2 Å². The van der Waals surface area contributed by atoms with Crippen LogP contribution in [0.3, 0.4) is 0 Å². The fourth-order valence-electron chi connectivity index (χ4n) is 4.03. The number of hydrazone groups is 1. The number of hydrogen-bond acceptors (Lipinski definition) is 7. The number of para-hydroxylation sites is 1. The first-order chi connectivity index (χ1) is 14.7. The van der Waals surface area contributed by atoms with Gasteiger partial charge in [0.25, 0.3) is 0 Å². The van der Waals surface area contributed by atoms with Crippen molar-refractivity contribution < 1.29 is 19.3 Å². The molecule has 0 saturated carbocycles. The van der Waals surface area contributed by atoms with Gasteiger partial charge in [-0.3, -0.25) is 4.98 Å². The molecule has 0 aliphatic carbocycles. The van der Waals surface area contributed by atoms with Crippen LogP contribution in [-0.4, -0.2) is 35.0 Å². The highest BCUT2D eigenvalue weighted by atomic mass is 16.5. The molecule has 2 aromatic carbocycles. The Bertz CT molecular complexity index is 1120. The molecule has 3 heterocycles. The van der Waals surface area contributed by atoms with E-state index in [4.69, 9.17) is 19.3 Å². The lowest BCUT2D eigenvalue weighted by Crippen LogP contribution is -2.33. The van der Waals surface area contributed by atoms with Crippen molar-refractivity contribution in [3.8, 4) is 23.0 Å². The Balaban J connectivity index is 1.63. The number of nitrogens with zero attached hydrogens (tertiary/aromatic N) is 3. The first-order valence-corrected chi connectivity index (χ1v) is 9.66. The van der Waals surface area contributed by atoms with Crippen molar-refractivity contribution in [3.05, 3.63) is 77.6 Å². The minimum absolute atomic E-state index is 0.0531. The number of benzene rings is 2. The summed E-state index contributed by atoms with van der Waals surface area (Å²) in [4.78, 5) is 4.12. The van der Waals surface area contributed by atoms with E-state index < -0.39 is 6.23 Å². The van der Waals surface area contributed by atoms with E-state index >= 15 is 0 Å². The number of aromatic hydroxyl groups is 1. The minimum atomic E-state index is -0.438. The zero-order chi connectivity index (χ0) is 20.7. The maximum atomic E-state index is 10.5. The van der Waals surface area contributed by atoms with Gasteiger partial charge in [0.1, 0.15) is 11.5 Å².